The van der Waals surface area contributed by atoms with Crippen LogP contribution in [0.2, 0.25) is 0 Å². The standard InChI is InChI=1S/C11H12O2/c1-2-3-4-10-5-7-11(8-6-10)13-9-12/h2,5-9H,1,3-4H2. The molecule has 0 saturated carbocycles. The minimum atomic E-state index is 0.429. The van der Waals surface area contributed by atoms with E-state index in [1.807, 2.05) is 18.2 Å². The van der Waals surface area contributed by atoms with Crippen molar-refractivity contribution in [3.05, 3.63) is 42.5 Å². The average molecular weight is 176 g/mol. The second kappa shape index (κ2) is 5.14. The molecule has 0 fully saturated rings. The number of rotatable bonds is 5. The van der Waals surface area contributed by atoms with Crippen LogP contribution in [0.25, 0.3) is 0 Å². The molecule has 0 aromatic heterocycles. The first-order chi connectivity index (χ1) is 6.36. The number of aryl methyl sites for hydroxylation is 1. The fourth-order valence-electron chi connectivity index (χ4n) is 1.06. The zero-order chi connectivity index (χ0) is 9.52. The van der Waals surface area contributed by atoms with Crippen LogP contribution in [-0.4, -0.2) is 6.47 Å². The lowest BCUT2D eigenvalue weighted by molar-refractivity contribution is -0.120. The molecule has 1 aromatic rings. The summed E-state index contributed by atoms with van der Waals surface area (Å²) in [5.74, 6) is 0.581. The molecule has 0 spiro atoms. The van der Waals surface area contributed by atoms with Gasteiger partial charge in [-0.2, -0.15) is 0 Å². The van der Waals surface area contributed by atoms with E-state index in [1.165, 1.54) is 5.56 Å². The number of allylic oxidation sites excluding steroid dienone is 1. The van der Waals surface area contributed by atoms with Gasteiger partial charge >= 0.3 is 0 Å². The van der Waals surface area contributed by atoms with E-state index in [0.717, 1.165) is 12.8 Å². The highest BCUT2D eigenvalue weighted by Gasteiger charge is 1.93. The average Bonchev–Trinajstić information content (AvgIpc) is 2.17. The Bertz CT molecular complexity index is 275. The van der Waals surface area contributed by atoms with Crippen molar-refractivity contribution in [3.63, 3.8) is 0 Å². The minimum absolute atomic E-state index is 0.429. The molecule has 0 amide bonds. The molecule has 0 aliphatic heterocycles. The topological polar surface area (TPSA) is 26.3 Å². The van der Waals surface area contributed by atoms with Gasteiger partial charge in [-0.25, -0.2) is 0 Å². The maximum absolute atomic E-state index is 10.00. The summed E-state index contributed by atoms with van der Waals surface area (Å²) in [6.07, 6.45) is 3.83. The first-order valence-electron chi connectivity index (χ1n) is 4.17. The van der Waals surface area contributed by atoms with Crippen molar-refractivity contribution in [2.45, 2.75) is 12.8 Å². The van der Waals surface area contributed by atoms with Gasteiger partial charge in [-0.3, -0.25) is 4.79 Å². The van der Waals surface area contributed by atoms with Gasteiger partial charge in [0.05, 0.1) is 0 Å². The summed E-state index contributed by atoms with van der Waals surface area (Å²) in [5.41, 5.74) is 1.22. The molecular formula is C11H12O2. The second-order valence-corrected chi connectivity index (χ2v) is 2.69. The zero-order valence-electron chi connectivity index (χ0n) is 7.40. The predicted octanol–water partition coefficient (Wildman–Crippen LogP) is 2.34. The number of carbonyl (C=O) groups excluding carboxylic acids is 1. The highest BCUT2D eigenvalue weighted by molar-refractivity contribution is 5.45. The Morgan fingerprint density at radius 1 is 1.31 bits per heavy atom. The summed E-state index contributed by atoms with van der Waals surface area (Å²) in [6.45, 7) is 4.08. The van der Waals surface area contributed by atoms with Gasteiger partial charge in [0.15, 0.2) is 0 Å². The van der Waals surface area contributed by atoms with Crippen LogP contribution in [-0.2, 0) is 11.2 Å². The maximum atomic E-state index is 10.00. The summed E-state index contributed by atoms with van der Waals surface area (Å²) in [5, 5.41) is 0. The van der Waals surface area contributed by atoms with E-state index in [1.54, 1.807) is 12.1 Å². The Balaban J connectivity index is 2.58. The smallest absolute Gasteiger partial charge is 0.298 e. The lowest BCUT2D eigenvalue weighted by atomic mass is 10.1. The van der Waals surface area contributed by atoms with Gasteiger partial charge in [0, 0.05) is 0 Å². The van der Waals surface area contributed by atoms with Gasteiger partial charge in [-0.15, -0.1) is 6.58 Å². The van der Waals surface area contributed by atoms with Gasteiger partial charge in [-0.05, 0) is 30.5 Å². The number of ether oxygens (including phenoxy) is 1. The maximum Gasteiger partial charge on any atom is 0.298 e. The summed E-state index contributed by atoms with van der Waals surface area (Å²) in [6, 6.07) is 7.46. The summed E-state index contributed by atoms with van der Waals surface area (Å²) < 4.78 is 4.66. The molecule has 2 nitrogen and oxygen atoms in total. The molecule has 0 unspecified atom stereocenters. The van der Waals surface area contributed by atoms with Crippen molar-refractivity contribution < 1.29 is 9.53 Å². The molecule has 68 valence electrons. The third-order valence-electron chi connectivity index (χ3n) is 1.74. The summed E-state index contributed by atoms with van der Waals surface area (Å²) >= 11 is 0. The van der Waals surface area contributed by atoms with E-state index in [9.17, 15) is 4.79 Å². The van der Waals surface area contributed by atoms with Crippen LogP contribution in [0.1, 0.15) is 12.0 Å². The Labute approximate surface area is 77.8 Å². The van der Waals surface area contributed by atoms with Crippen LogP contribution in [0.3, 0.4) is 0 Å². The highest BCUT2D eigenvalue weighted by atomic mass is 16.5. The molecule has 1 rings (SSSR count). The molecule has 13 heavy (non-hydrogen) atoms. The first kappa shape index (κ1) is 9.52. The van der Waals surface area contributed by atoms with Crippen LogP contribution in [0, 0.1) is 0 Å². The van der Waals surface area contributed by atoms with Crippen molar-refractivity contribution >= 4 is 6.47 Å². The van der Waals surface area contributed by atoms with Crippen molar-refractivity contribution in [1.29, 1.82) is 0 Å². The third-order valence-corrected chi connectivity index (χ3v) is 1.74. The van der Waals surface area contributed by atoms with Gasteiger partial charge in [-0.1, -0.05) is 18.2 Å². The molecule has 0 atom stereocenters. The van der Waals surface area contributed by atoms with Crippen molar-refractivity contribution in [2.24, 2.45) is 0 Å². The van der Waals surface area contributed by atoms with E-state index >= 15 is 0 Å². The largest absolute Gasteiger partial charge is 0.429 e. The van der Waals surface area contributed by atoms with Crippen molar-refractivity contribution in [1.82, 2.24) is 0 Å². The number of carbonyl (C=O) groups is 1. The van der Waals surface area contributed by atoms with E-state index < -0.39 is 0 Å². The predicted molar refractivity (Wildman–Crippen MR) is 51.7 cm³/mol. The molecular weight excluding hydrogens is 164 g/mol. The van der Waals surface area contributed by atoms with E-state index in [2.05, 4.69) is 11.3 Å². The second-order valence-electron chi connectivity index (χ2n) is 2.69. The lowest BCUT2D eigenvalue weighted by Gasteiger charge is -2.00. The quantitative estimate of drug-likeness (QED) is 0.508. The van der Waals surface area contributed by atoms with E-state index in [0.29, 0.717) is 12.2 Å². The molecule has 0 radical (unpaired) electrons. The first-order valence-corrected chi connectivity index (χ1v) is 4.17. The Kier molecular flexibility index (Phi) is 3.76. The monoisotopic (exact) mass is 176 g/mol. The van der Waals surface area contributed by atoms with Gasteiger partial charge in [0.25, 0.3) is 6.47 Å². The number of hydrogen-bond donors (Lipinski definition) is 0. The normalized spacial score (nSPS) is 9.23. The van der Waals surface area contributed by atoms with Crippen molar-refractivity contribution in [3.8, 4) is 5.75 Å². The van der Waals surface area contributed by atoms with Crippen LogP contribution >= 0.6 is 0 Å². The number of benzene rings is 1. The van der Waals surface area contributed by atoms with E-state index in [-0.39, 0.29) is 0 Å². The molecule has 1 aromatic carbocycles. The van der Waals surface area contributed by atoms with Crippen molar-refractivity contribution in [2.75, 3.05) is 0 Å². The van der Waals surface area contributed by atoms with Gasteiger partial charge in [0.2, 0.25) is 0 Å². The fourth-order valence-corrected chi connectivity index (χ4v) is 1.06. The molecule has 0 saturated heterocycles. The Hall–Kier alpha value is -1.57. The Morgan fingerprint density at radius 3 is 2.54 bits per heavy atom. The summed E-state index contributed by atoms with van der Waals surface area (Å²) in [4.78, 5) is 10.00. The van der Waals surface area contributed by atoms with Crippen LogP contribution < -0.4 is 4.74 Å². The zero-order valence-corrected chi connectivity index (χ0v) is 7.40. The Morgan fingerprint density at radius 2 is 2.00 bits per heavy atom. The molecule has 0 aliphatic carbocycles. The SMILES string of the molecule is C=CCCc1ccc(OC=O)cc1. The number of hydrogen-bond acceptors (Lipinski definition) is 2. The molecule has 0 aliphatic rings. The van der Waals surface area contributed by atoms with Crippen LogP contribution in [0.15, 0.2) is 36.9 Å². The van der Waals surface area contributed by atoms with Crippen LogP contribution in [0.5, 0.6) is 5.75 Å². The molecule has 2 heteroatoms. The molecule has 0 bridgehead atoms. The fraction of sp³-hybridized carbons (Fsp3) is 0.182. The van der Waals surface area contributed by atoms with Crippen LogP contribution in [0.4, 0.5) is 0 Å². The summed E-state index contributed by atoms with van der Waals surface area (Å²) in [7, 11) is 0. The lowest BCUT2D eigenvalue weighted by Crippen LogP contribution is -1.89. The van der Waals surface area contributed by atoms with E-state index in [4.69, 9.17) is 0 Å². The third kappa shape index (κ3) is 3.11. The minimum Gasteiger partial charge on any atom is -0.429 e. The molecule has 0 heterocycles. The van der Waals surface area contributed by atoms with Gasteiger partial charge < -0.3 is 4.74 Å². The van der Waals surface area contributed by atoms with Gasteiger partial charge in [0.1, 0.15) is 5.75 Å². The highest BCUT2D eigenvalue weighted by Crippen LogP contribution is 2.12. The molecule has 0 N–H and O–H groups in total.